The maximum atomic E-state index is 5.48. The van der Waals surface area contributed by atoms with Crippen LogP contribution in [-0.4, -0.2) is 22.3 Å². The van der Waals surface area contributed by atoms with Crippen molar-refractivity contribution in [1.82, 2.24) is 0 Å². The third kappa shape index (κ3) is 3.90. The Hall–Kier alpha value is -0.313. The Morgan fingerprint density at radius 1 is 1.25 bits per heavy atom. The van der Waals surface area contributed by atoms with Crippen molar-refractivity contribution >= 4 is 21.4 Å². The van der Waals surface area contributed by atoms with Gasteiger partial charge in [0.15, 0.2) is 9.76 Å². The minimum absolute atomic E-state index is 0.382. The SMILES string of the molecule is ClCCO[SiH2]Cc1ccccc1. The molecule has 66 valence electrons. The van der Waals surface area contributed by atoms with Crippen molar-refractivity contribution in [1.29, 1.82) is 0 Å². The van der Waals surface area contributed by atoms with Crippen LogP contribution in [0.1, 0.15) is 5.56 Å². The number of benzene rings is 1. The molecule has 0 bridgehead atoms. The summed E-state index contributed by atoms with van der Waals surface area (Å²) in [6.07, 6.45) is 0. The van der Waals surface area contributed by atoms with Crippen LogP contribution in [0.15, 0.2) is 30.3 Å². The van der Waals surface area contributed by atoms with E-state index in [0.717, 1.165) is 6.04 Å². The zero-order valence-electron chi connectivity index (χ0n) is 7.00. The Morgan fingerprint density at radius 3 is 2.67 bits per heavy atom. The van der Waals surface area contributed by atoms with Gasteiger partial charge >= 0.3 is 0 Å². The molecule has 0 spiro atoms. The molecule has 0 saturated carbocycles. The molecule has 0 fully saturated rings. The first-order chi connectivity index (χ1) is 5.93. The summed E-state index contributed by atoms with van der Waals surface area (Å²) in [4.78, 5) is 0. The molecule has 12 heavy (non-hydrogen) atoms. The maximum Gasteiger partial charge on any atom is 0.165 e. The second kappa shape index (κ2) is 6.23. The van der Waals surface area contributed by atoms with Gasteiger partial charge in [0.25, 0.3) is 0 Å². The van der Waals surface area contributed by atoms with E-state index in [4.69, 9.17) is 16.0 Å². The van der Waals surface area contributed by atoms with Gasteiger partial charge in [0, 0.05) is 12.5 Å². The van der Waals surface area contributed by atoms with Gasteiger partial charge in [-0.05, 0) is 11.6 Å². The molecular formula is C9H13ClOSi. The minimum atomic E-state index is -0.382. The molecular weight excluding hydrogens is 188 g/mol. The van der Waals surface area contributed by atoms with E-state index in [9.17, 15) is 0 Å². The van der Waals surface area contributed by atoms with E-state index in [0.29, 0.717) is 12.5 Å². The average molecular weight is 201 g/mol. The minimum Gasteiger partial charge on any atom is -0.422 e. The summed E-state index contributed by atoms with van der Waals surface area (Å²) < 4.78 is 5.39. The van der Waals surface area contributed by atoms with Gasteiger partial charge in [-0.25, -0.2) is 0 Å². The van der Waals surface area contributed by atoms with Gasteiger partial charge in [-0.2, -0.15) is 0 Å². The van der Waals surface area contributed by atoms with Crippen LogP contribution in [-0.2, 0) is 10.5 Å². The topological polar surface area (TPSA) is 9.23 Å². The third-order valence-electron chi connectivity index (χ3n) is 1.60. The summed E-state index contributed by atoms with van der Waals surface area (Å²) in [5.74, 6) is 0.613. The maximum absolute atomic E-state index is 5.48. The number of hydrogen-bond donors (Lipinski definition) is 0. The van der Waals surface area contributed by atoms with E-state index in [1.807, 2.05) is 6.07 Å². The Labute approximate surface area is 80.6 Å². The highest BCUT2D eigenvalue weighted by Crippen LogP contribution is 1.98. The molecule has 0 atom stereocenters. The monoisotopic (exact) mass is 200 g/mol. The molecule has 1 rings (SSSR count). The second-order valence-electron chi connectivity index (χ2n) is 2.54. The van der Waals surface area contributed by atoms with E-state index < -0.39 is 0 Å². The molecule has 0 amide bonds. The van der Waals surface area contributed by atoms with Gasteiger partial charge in [0.2, 0.25) is 0 Å². The average Bonchev–Trinajstić information content (AvgIpc) is 2.14. The van der Waals surface area contributed by atoms with Crippen LogP contribution in [0.5, 0.6) is 0 Å². The molecule has 1 aromatic rings. The van der Waals surface area contributed by atoms with Crippen LogP contribution < -0.4 is 0 Å². The first-order valence-corrected chi connectivity index (χ1v) is 6.22. The summed E-state index contributed by atoms with van der Waals surface area (Å²) in [6, 6.07) is 11.5. The highest BCUT2D eigenvalue weighted by Gasteiger charge is 1.91. The van der Waals surface area contributed by atoms with Crippen LogP contribution >= 0.6 is 11.6 Å². The summed E-state index contributed by atoms with van der Waals surface area (Å²) >= 11 is 5.48. The molecule has 0 aliphatic heterocycles. The van der Waals surface area contributed by atoms with E-state index in [-0.39, 0.29) is 9.76 Å². The zero-order chi connectivity index (χ0) is 8.65. The van der Waals surface area contributed by atoms with E-state index in [2.05, 4.69) is 24.3 Å². The molecule has 0 aliphatic carbocycles. The first-order valence-electron chi connectivity index (χ1n) is 4.11. The predicted octanol–water partition coefficient (Wildman–Crippen LogP) is 1.53. The number of halogens is 1. The fourth-order valence-corrected chi connectivity index (χ4v) is 2.35. The van der Waals surface area contributed by atoms with Gasteiger partial charge in [-0.1, -0.05) is 30.3 Å². The van der Waals surface area contributed by atoms with Gasteiger partial charge in [-0.3, -0.25) is 0 Å². The molecule has 0 aliphatic rings. The smallest absolute Gasteiger partial charge is 0.165 e. The van der Waals surface area contributed by atoms with Crippen LogP contribution in [0, 0.1) is 0 Å². The van der Waals surface area contributed by atoms with Crippen molar-refractivity contribution in [3.63, 3.8) is 0 Å². The summed E-state index contributed by atoms with van der Waals surface area (Å²) in [5, 5.41) is 0. The van der Waals surface area contributed by atoms with Crippen LogP contribution in [0.25, 0.3) is 0 Å². The Kier molecular flexibility index (Phi) is 5.07. The van der Waals surface area contributed by atoms with Gasteiger partial charge in [0.05, 0.1) is 0 Å². The summed E-state index contributed by atoms with van der Waals surface area (Å²) in [7, 11) is -0.382. The Morgan fingerprint density at radius 2 is 2.00 bits per heavy atom. The Bertz CT molecular complexity index is 203. The fourth-order valence-electron chi connectivity index (χ4n) is 0.991. The molecule has 0 N–H and O–H groups in total. The van der Waals surface area contributed by atoms with E-state index in [1.54, 1.807) is 0 Å². The molecule has 0 heterocycles. The lowest BCUT2D eigenvalue weighted by Gasteiger charge is -2.00. The van der Waals surface area contributed by atoms with Crippen LogP contribution in [0.3, 0.4) is 0 Å². The molecule has 0 saturated heterocycles. The molecule has 1 aromatic carbocycles. The van der Waals surface area contributed by atoms with E-state index >= 15 is 0 Å². The van der Waals surface area contributed by atoms with Crippen LogP contribution in [0.4, 0.5) is 0 Å². The van der Waals surface area contributed by atoms with Crippen molar-refractivity contribution in [3.8, 4) is 0 Å². The van der Waals surface area contributed by atoms with E-state index in [1.165, 1.54) is 5.56 Å². The van der Waals surface area contributed by atoms with Crippen molar-refractivity contribution in [2.45, 2.75) is 6.04 Å². The molecule has 0 radical (unpaired) electrons. The largest absolute Gasteiger partial charge is 0.422 e. The molecule has 3 heteroatoms. The standard InChI is InChI=1S/C9H13ClOSi/c10-6-7-11-12-8-9-4-2-1-3-5-9/h1-5H,6-8,12H2. The number of rotatable bonds is 5. The summed E-state index contributed by atoms with van der Waals surface area (Å²) in [5.41, 5.74) is 1.37. The van der Waals surface area contributed by atoms with Crippen LogP contribution in [0.2, 0.25) is 0 Å². The highest BCUT2D eigenvalue weighted by atomic mass is 35.5. The van der Waals surface area contributed by atoms with Gasteiger partial charge in [0.1, 0.15) is 0 Å². The molecule has 0 unspecified atom stereocenters. The van der Waals surface area contributed by atoms with Crippen molar-refractivity contribution in [2.24, 2.45) is 0 Å². The second-order valence-corrected chi connectivity index (χ2v) is 4.23. The lowest BCUT2D eigenvalue weighted by Crippen LogP contribution is -2.04. The predicted molar refractivity (Wildman–Crippen MR) is 55.4 cm³/mol. The lowest BCUT2D eigenvalue weighted by atomic mass is 10.2. The molecule has 0 aromatic heterocycles. The summed E-state index contributed by atoms with van der Waals surface area (Å²) in [6.45, 7) is 0.709. The third-order valence-corrected chi connectivity index (χ3v) is 3.11. The number of hydrogen-bond acceptors (Lipinski definition) is 1. The van der Waals surface area contributed by atoms with Crippen molar-refractivity contribution in [3.05, 3.63) is 35.9 Å². The quantitative estimate of drug-likeness (QED) is 0.398. The van der Waals surface area contributed by atoms with Gasteiger partial charge in [-0.15, -0.1) is 11.6 Å². The fraction of sp³-hybridized carbons (Fsp3) is 0.333. The lowest BCUT2D eigenvalue weighted by molar-refractivity contribution is 0.362. The van der Waals surface area contributed by atoms with Crippen molar-refractivity contribution in [2.75, 3.05) is 12.5 Å². The normalized spacial score (nSPS) is 11.1. The van der Waals surface area contributed by atoms with Gasteiger partial charge < -0.3 is 4.43 Å². The number of alkyl halides is 1. The molecule has 1 nitrogen and oxygen atoms in total. The zero-order valence-corrected chi connectivity index (χ0v) is 9.17. The Balaban J connectivity index is 2.16. The highest BCUT2D eigenvalue weighted by molar-refractivity contribution is 6.26. The van der Waals surface area contributed by atoms with Crippen molar-refractivity contribution < 1.29 is 4.43 Å². The first kappa shape index (κ1) is 9.77.